The van der Waals surface area contributed by atoms with Crippen molar-refractivity contribution in [1.29, 1.82) is 0 Å². The number of ketones is 1. The number of hydrogen-bond donors (Lipinski definition) is 0. The highest BCUT2D eigenvalue weighted by atomic mass is 32.2. The maximum Gasteiger partial charge on any atom is 0.338 e. The van der Waals surface area contributed by atoms with Crippen molar-refractivity contribution in [3.63, 3.8) is 0 Å². The summed E-state index contributed by atoms with van der Waals surface area (Å²) in [5.41, 5.74) is 0.553. The molecular weight excluding hydrogens is 378 g/mol. The lowest BCUT2D eigenvalue weighted by atomic mass is 10.1. The van der Waals surface area contributed by atoms with Crippen LogP contribution in [0.5, 0.6) is 0 Å². The number of nitrogens with zero attached hydrogens (tertiary/aromatic N) is 1. The molecule has 0 amide bonds. The van der Waals surface area contributed by atoms with Crippen LogP contribution >= 0.6 is 0 Å². The Kier molecular flexibility index (Phi) is 6.26. The van der Waals surface area contributed by atoms with Crippen LogP contribution in [0.1, 0.15) is 46.9 Å². The van der Waals surface area contributed by atoms with E-state index in [1.54, 1.807) is 30.3 Å². The molecule has 2 aromatic carbocycles. The van der Waals surface area contributed by atoms with Crippen molar-refractivity contribution in [1.82, 2.24) is 4.31 Å². The van der Waals surface area contributed by atoms with Crippen molar-refractivity contribution in [3.05, 3.63) is 65.7 Å². The van der Waals surface area contributed by atoms with Crippen LogP contribution < -0.4 is 0 Å². The fraction of sp³-hybridized carbons (Fsp3) is 0.333. The molecule has 0 bridgehead atoms. The molecule has 1 aliphatic rings. The van der Waals surface area contributed by atoms with E-state index in [0.717, 1.165) is 19.3 Å². The van der Waals surface area contributed by atoms with Crippen molar-refractivity contribution in [2.45, 2.75) is 37.1 Å². The number of piperidine rings is 1. The molecule has 7 heteroatoms. The Bertz CT molecular complexity index is 956. The van der Waals surface area contributed by atoms with Gasteiger partial charge in [0.05, 0.1) is 10.5 Å². The monoisotopic (exact) mass is 401 g/mol. The molecule has 1 atom stereocenters. The molecule has 0 N–H and O–H groups in total. The van der Waals surface area contributed by atoms with Crippen molar-refractivity contribution < 1.29 is 22.7 Å². The fourth-order valence-corrected chi connectivity index (χ4v) is 5.02. The minimum Gasteiger partial charge on any atom is -0.454 e. The average molecular weight is 401 g/mol. The zero-order valence-electron chi connectivity index (χ0n) is 15.7. The van der Waals surface area contributed by atoms with Gasteiger partial charge in [0.1, 0.15) is 0 Å². The molecule has 6 nitrogen and oxygen atoms in total. The highest BCUT2D eigenvalue weighted by Gasteiger charge is 2.31. The van der Waals surface area contributed by atoms with Crippen molar-refractivity contribution in [3.8, 4) is 0 Å². The minimum absolute atomic E-state index is 0.0603. The lowest BCUT2D eigenvalue weighted by Gasteiger charge is -2.32. The van der Waals surface area contributed by atoms with E-state index >= 15 is 0 Å². The van der Waals surface area contributed by atoms with Crippen LogP contribution in [-0.4, -0.2) is 43.7 Å². The van der Waals surface area contributed by atoms with Gasteiger partial charge in [0.15, 0.2) is 12.4 Å². The summed E-state index contributed by atoms with van der Waals surface area (Å²) in [4.78, 5) is 24.4. The fourth-order valence-electron chi connectivity index (χ4n) is 3.27. The van der Waals surface area contributed by atoms with Gasteiger partial charge in [0, 0.05) is 18.2 Å². The highest BCUT2D eigenvalue weighted by molar-refractivity contribution is 7.89. The molecule has 2 aromatic rings. The number of esters is 1. The number of rotatable bonds is 6. The number of carbonyl (C=O) groups is 2. The molecule has 1 saturated heterocycles. The van der Waals surface area contributed by atoms with Gasteiger partial charge in [-0.25, -0.2) is 13.2 Å². The number of carbonyl (C=O) groups excluding carboxylic acids is 2. The third-order valence-corrected chi connectivity index (χ3v) is 6.86. The van der Waals surface area contributed by atoms with Crippen LogP contribution in [0.2, 0.25) is 0 Å². The van der Waals surface area contributed by atoms with Gasteiger partial charge in [0.2, 0.25) is 10.0 Å². The Hall–Kier alpha value is -2.51. The predicted octanol–water partition coefficient (Wildman–Crippen LogP) is 3.29. The van der Waals surface area contributed by atoms with Crippen LogP contribution in [0.25, 0.3) is 0 Å². The van der Waals surface area contributed by atoms with E-state index < -0.39 is 22.6 Å². The van der Waals surface area contributed by atoms with E-state index in [4.69, 9.17) is 4.74 Å². The van der Waals surface area contributed by atoms with Crippen molar-refractivity contribution in [2.24, 2.45) is 0 Å². The highest BCUT2D eigenvalue weighted by Crippen LogP contribution is 2.25. The van der Waals surface area contributed by atoms with E-state index in [1.807, 2.05) is 6.92 Å². The van der Waals surface area contributed by atoms with E-state index in [1.165, 1.54) is 28.6 Å². The zero-order chi connectivity index (χ0) is 20.1. The summed E-state index contributed by atoms with van der Waals surface area (Å²) in [6.45, 7) is 1.97. The van der Waals surface area contributed by atoms with Gasteiger partial charge < -0.3 is 4.74 Å². The second-order valence-electron chi connectivity index (χ2n) is 6.85. The Morgan fingerprint density at radius 2 is 1.75 bits per heavy atom. The van der Waals surface area contributed by atoms with Gasteiger partial charge in [-0.2, -0.15) is 4.31 Å². The first kappa shape index (κ1) is 20.2. The molecule has 1 aliphatic heterocycles. The molecule has 0 radical (unpaired) electrons. The number of Topliss-reactive ketones (excluding diaryl/α,β-unsaturated/α-hetero) is 1. The average Bonchev–Trinajstić information content (AvgIpc) is 2.72. The molecule has 0 aliphatic carbocycles. The largest absolute Gasteiger partial charge is 0.454 e. The summed E-state index contributed by atoms with van der Waals surface area (Å²) >= 11 is 0. The molecule has 1 heterocycles. The van der Waals surface area contributed by atoms with E-state index in [-0.39, 0.29) is 22.3 Å². The first-order valence-electron chi connectivity index (χ1n) is 9.27. The summed E-state index contributed by atoms with van der Waals surface area (Å²) < 4.78 is 32.5. The first-order chi connectivity index (χ1) is 13.4. The summed E-state index contributed by atoms with van der Waals surface area (Å²) in [6.07, 6.45) is 2.66. The SMILES string of the molecule is C[C@@H]1CCCCN1S(=O)(=O)c1cccc(C(=O)OCC(=O)c2ccccc2)c1. The van der Waals surface area contributed by atoms with Crippen LogP contribution in [0, 0.1) is 0 Å². The number of ether oxygens (including phenoxy) is 1. The summed E-state index contributed by atoms with van der Waals surface area (Å²) in [7, 11) is -3.68. The molecule has 148 valence electrons. The quantitative estimate of drug-likeness (QED) is 0.548. The first-order valence-corrected chi connectivity index (χ1v) is 10.7. The van der Waals surface area contributed by atoms with Gasteiger partial charge >= 0.3 is 5.97 Å². The third kappa shape index (κ3) is 4.48. The second kappa shape index (κ2) is 8.67. The predicted molar refractivity (Wildman–Crippen MR) is 105 cm³/mol. The Labute approximate surface area is 165 Å². The maximum absolute atomic E-state index is 12.9. The smallest absolute Gasteiger partial charge is 0.338 e. The summed E-state index contributed by atoms with van der Waals surface area (Å²) in [5.74, 6) is -1.05. The van der Waals surface area contributed by atoms with Gasteiger partial charge in [-0.15, -0.1) is 0 Å². The van der Waals surface area contributed by atoms with E-state index in [9.17, 15) is 18.0 Å². The van der Waals surface area contributed by atoms with E-state index in [2.05, 4.69) is 0 Å². The topological polar surface area (TPSA) is 80.8 Å². The molecule has 0 spiro atoms. The minimum atomic E-state index is -3.68. The summed E-state index contributed by atoms with van der Waals surface area (Å²) in [5, 5.41) is 0. The number of sulfonamides is 1. The Morgan fingerprint density at radius 1 is 1.04 bits per heavy atom. The molecule has 0 saturated carbocycles. The molecule has 3 rings (SSSR count). The number of hydrogen-bond acceptors (Lipinski definition) is 5. The van der Waals surface area contributed by atoms with Crippen LogP contribution in [-0.2, 0) is 14.8 Å². The van der Waals surface area contributed by atoms with Crippen LogP contribution in [0.15, 0.2) is 59.5 Å². The lowest BCUT2D eigenvalue weighted by Crippen LogP contribution is -2.41. The molecule has 0 aromatic heterocycles. The summed E-state index contributed by atoms with van der Waals surface area (Å²) in [6, 6.07) is 14.2. The van der Waals surface area contributed by atoms with Crippen LogP contribution in [0.4, 0.5) is 0 Å². The van der Waals surface area contributed by atoms with Gasteiger partial charge in [0.25, 0.3) is 0 Å². The molecule has 0 unspecified atom stereocenters. The molecule has 28 heavy (non-hydrogen) atoms. The maximum atomic E-state index is 12.9. The van der Waals surface area contributed by atoms with Crippen LogP contribution in [0.3, 0.4) is 0 Å². The second-order valence-corrected chi connectivity index (χ2v) is 8.74. The zero-order valence-corrected chi connectivity index (χ0v) is 16.5. The normalized spacial score (nSPS) is 17.8. The van der Waals surface area contributed by atoms with Gasteiger partial charge in [-0.1, -0.05) is 42.8 Å². The lowest BCUT2D eigenvalue weighted by molar-refractivity contribution is 0.0474. The van der Waals surface area contributed by atoms with Crippen molar-refractivity contribution >= 4 is 21.8 Å². The Morgan fingerprint density at radius 3 is 2.46 bits per heavy atom. The van der Waals surface area contributed by atoms with Crippen molar-refractivity contribution in [2.75, 3.05) is 13.2 Å². The number of benzene rings is 2. The third-order valence-electron chi connectivity index (χ3n) is 4.85. The van der Waals surface area contributed by atoms with Gasteiger partial charge in [-0.05, 0) is 38.0 Å². The van der Waals surface area contributed by atoms with E-state index in [0.29, 0.717) is 12.1 Å². The Balaban J connectivity index is 1.72. The molecular formula is C21H23NO5S. The standard InChI is InChI=1S/C21H23NO5S/c1-16-8-5-6-13-22(16)28(25,26)19-12-7-11-18(14-19)21(24)27-15-20(23)17-9-3-2-4-10-17/h2-4,7,9-12,14,16H,5-6,8,13,15H2,1H3/t16-/m1/s1. The molecule has 1 fully saturated rings. The van der Waals surface area contributed by atoms with Gasteiger partial charge in [-0.3, -0.25) is 4.79 Å².